The van der Waals surface area contributed by atoms with Crippen molar-refractivity contribution in [3.63, 3.8) is 0 Å². The zero-order valence-electron chi connectivity index (χ0n) is 11.1. The Labute approximate surface area is 116 Å². The first-order valence-corrected chi connectivity index (χ1v) is 6.96. The van der Waals surface area contributed by atoms with Gasteiger partial charge < -0.3 is 4.57 Å². The van der Waals surface area contributed by atoms with Crippen LogP contribution in [0.2, 0.25) is 0 Å². The van der Waals surface area contributed by atoms with Gasteiger partial charge in [-0.05, 0) is 18.4 Å². The predicted molar refractivity (Wildman–Crippen MR) is 73.5 cm³/mol. The van der Waals surface area contributed by atoms with E-state index in [1.54, 1.807) is 0 Å². The van der Waals surface area contributed by atoms with Crippen molar-refractivity contribution in [1.29, 1.82) is 0 Å². The second kappa shape index (κ2) is 5.87. The molecule has 0 saturated heterocycles. The first-order chi connectivity index (χ1) is 9.02. The van der Waals surface area contributed by atoms with E-state index in [9.17, 15) is 8.78 Å². The summed E-state index contributed by atoms with van der Waals surface area (Å²) < 4.78 is 29.0. The zero-order valence-corrected chi connectivity index (χ0v) is 11.8. The minimum absolute atomic E-state index is 0.227. The van der Waals surface area contributed by atoms with Gasteiger partial charge in [0.25, 0.3) is 0 Å². The van der Waals surface area contributed by atoms with Crippen LogP contribution in [0.3, 0.4) is 0 Å². The van der Waals surface area contributed by atoms with Crippen LogP contribution >= 0.6 is 11.6 Å². The number of imidazole rings is 1. The maximum Gasteiger partial charge on any atom is 0.153 e. The van der Waals surface area contributed by atoms with E-state index in [0.29, 0.717) is 30.3 Å². The number of benzene rings is 1. The molecular formula is C14H17ClF2N2. The average molecular weight is 287 g/mol. The third kappa shape index (κ3) is 3.06. The molecule has 1 aromatic heterocycles. The second-order valence-electron chi connectivity index (χ2n) is 5.06. The highest BCUT2D eigenvalue weighted by Gasteiger charge is 2.15. The van der Waals surface area contributed by atoms with Gasteiger partial charge in [-0.15, -0.1) is 11.6 Å². The summed E-state index contributed by atoms with van der Waals surface area (Å²) in [5.41, 5.74) is 0.739. The standard InChI is InChI=1S/C14H17ClF2N2/c1-9(2)4-6-19-12-8-10(16)7-11(17)14(12)18-13(19)3-5-15/h7-9H,3-6H2,1-2H3. The Bertz CT molecular complexity index is 578. The molecule has 2 nitrogen and oxygen atoms in total. The molecule has 0 amide bonds. The maximum absolute atomic E-state index is 13.7. The highest BCUT2D eigenvalue weighted by Crippen LogP contribution is 2.22. The van der Waals surface area contributed by atoms with Gasteiger partial charge in [-0.2, -0.15) is 0 Å². The first-order valence-electron chi connectivity index (χ1n) is 6.43. The van der Waals surface area contributed by atoms with E-state index in [2.05, 4.69) is 18.8 Å². The molecule has 0 aliphatic rings. The Hall–Kier alpha value is -1.16. The van der Waals surface area contributed by atoms with Crippen molar-refractivity contribution in [3.05, 3.63) is 29.6 Å². The SMILES string of the molecule is CC(C)CCn1c(CCCl)nc2c(F)cc(F)cc21. The Morgan fingerprint density at radius 3 is 2.68 bits per heavy atom. The number of halogens is 3. The molecule has 0 unspecified atom stereocenters. The summed E-state index contributed by atoms with van der Waals surface area (Å²) in [6.45, 7) is 4.92. The average Bonchev–Trinajstić information content (AvgIpc) is 2.65. The summed E-state index contributed by atoms with van der Waals surface area (Å²) >= 11 is 5.75. The molecule has 5 heteroatoms. The highest BCUT2D eigenvalue weighted by molar-refractivity contribution is 6.17. The normalized spacial score (nSPS) is 11.7. The number of aryl methyl sites for hydroxylation is 2. The summed E-state index contributed by atoms with van der Waals surface area (Å²) in [6.07, 6.45) is 1.48. The van der Waals surface area contributed by atoms with Crippen LogP contribution < -0.4 is 0 Å². The van der Waals surface area contributed by atoms with Crippen LogP contribution in [-0.4, -0.2) is 15.4 Å². The Morgan fingerprint density at radius 1 is 1.32 bits per heavy atom. The third-order valence-corrected chi connectivity index (χ3v) is 3.29. The molecule has 1 heterocycles. The van der Waals surface area contributed by atoms with Crippen LogP contribution in [-0.2, 0) is 13.0 Å². The first kappa shape index (κ1) is 14.3. The van der Waals surface area contributed by atoms with Crippen LogP contribution in [0.4, 0.5) is 8.78 Å². The molecule has 1 aromatic carbocycles. The number of aromatic nitrogens is 2. The minimum atomic E-state index is -0.617. The number of fused-ring (bicyclic) bond motifs is 1. The fraction of sp³-hybridized carbons (Fsp3) is 0.500. The molecule has 0 atom stereocenters. The van der Waals surface area contributed by atoms with Crippen LogP contribution in [0, 0.1) is 17.6 Å². The molecule has 0 radical (unpaired) electrons. The van der Waals surface area contributed by atoms with Gasteiger partial charge in [0.1, 0.15) is 17.2 Å². The number of alkyl halides is 1. The van der Waals surface area contributed by atoms with E-state index in [0.717, 1.165) is 18.3 Å². The fourth-order valence-corrected chi connectivity index (χ4v) is 2.28. The van der Waals surface area contributed by atoms with Gasteiger partial charge >= 0.3 is 0 Å². The Morgan fingerprint density at radius 2 is 2.05 bits per heavy atom. The van der Waals surface area contributed by atoms with Crippen LogP contribution in [0.5, 0.6) is 0 Å². The largest absolute Gasteiger partial charge is 0.328 e. The number of hydrogen-bond acceptors (Lipinski definition) is 1. The van der Waals surface area contributed by atoms with Crippen molar-refractivity contribution < 1.29 is 8.78 Å². The van der Waals surface area contributed by atoms with Crippen molar-refractivity contribution in [1.82, 2.24) is 9.55 Å². The number of rotatable bonds is 5. The lowest BCUT2D eigenvalue weighted by Gasteiger charge is -2.10. The molecule has 0 bridgehead atoms. The van der Waals surface area contributed by atoms with E-state index in [1.807, 2.05) is 4.57 Å². The van der Waals surface area contributed by atoms with E-state index in [1.165, 1.54) is 6.07 Å². The maximum atomic E-state index is 13.7. The molecular weight excluding hydrogens is 270 g/mol. The summed E-state index contributed by atoms with van der Waals surface area (Å²) in [4.78, 5) is 4.26. The van der Waals surface area contributed by atoms with Crippen molar-refractivity contribution in [2.45, 2.75) is 33.2 Å². The van der Waals surface area contributed by atoms with Gasteiger partial charge in [-0.3, -0.25) is 0 Å². The lowest BCUT2D eigenvalue weighted by molar-refractivity contribution is 0.513. The molecule has 0 aliphatic carbocycles. The monoisotopic (exact) mass is 286 g/mol. The van der Waals surface area contributed by atoms with Crippen molar-refractivity contribution in [2.24, 2.45) is 5.92 Å². The van der Waals surface area contributed by atoms with E-state index < -0.39 is 11.6 Å². The number of nitrogens with zero attached hydrogens (tertiary/aromatic N) is 2. The van der Waals surface area contributed by atoms with Gasteiger partial charge in [0.05, 0.1) is 5.52 Å². The summed E-state index contributed by atoms with van der Waals surface area (Å²) in [7, 11) is 0. The predicted octanol–water partition coefficient (Wildman–Crippen LogP) is 4.14. The second-order valence-corrected chi connectivity index (χ2v) is 5.43. The molecule has 0 spiro atoms. The minimum Gasteiger partial charge on any atom is -0.328 e. The number of hydrogen-bond donors (Lipinski definition) is 0. The molecule has 0 saturated carbocycles. The van der Waals surface area contributed by atoms with Crippen LogP contribution in [0.1, 0.15) is 26.1 Å². The van der Waals surface area contributed by atoms with Crippen LogP contribution in [0.25, 0.3) is 11.0 Å². The van der Waals surface area contributed by atoms with E-state index >= 15 is 0 Å². The van der Waals surface area contributed by atoms with Gasteiger partial charge in [0, 0.05) is 24.9 Å². The Kier molecular flexibility index (Phi) is 4.40. The molecule has 0 N–H and O–H groups in total. The summed E-state index contributed by atoms with van der Waals surface area (Å²) in [5, 5.41) is 0. The molecule has 0 fully saturated rings. The van der Waals surface area contributed by atoms with Gasteiger partial charge in [0.2, 0.25) is 0 Å². The smallest absolute Gasteiger partial charge is 0.153 e. The van der Waals surface area contributed by atoms with Crippen molar-refractivity contribution in [3.8, 4) is 0 Å². The highest BCUT2D eigenvalue weighted by atomic mass is 35.5. The third-order valence-electron chi connectivity index (χ3n) is 3.10. The fourth-order valence-electron chi connectivity index (χ4n) is 2.11. The molecule has 19 heavy (non-hydrogen) atoms. The van der Waals surface area contributed by atoms with E-state index in [4.69, 9.17) is 11.6 Å². The van der Waals surface area contributed by atoms with E-state index in [-0.39, 0.29) is 5.52 Å². The molecule has 0 aliphatic heterocycles. The van der Waals surface area contributed by atoms with Crippen molar-refractivity contribution in [2.75, 3.05) is 5.88 Å². The zero-order chi connectivity index (χ0) is 14.0. The lowest BCUT2D eigenvalue weighted by atomic mass is 10.1. The van der Waals surface area contributed by atoms with Gasteiger partial charge in [-0.1, -0.05) is 13.8 Å². The van der Waals surface area contributed by atoms with Gasteiger partial charge in [-0.25, -0.2) is 13.8 Å². The van der Waals surface area contributed by atoms with Crippen LogP contribution in [0.15, 0.2) is 12.1 Å². The molecule has 2 rings (SSSR count). The summed E-state index contributed by atoms with van der Waals surface area (Å²) in [5.74, 6) is 0.451. The van der Waals surface area contributed by atoms with Crippen molar-refractivity contribution >= 4 is 22.6 Å². The Balaban J connectivity index is 2.52. The van der Waals surface area contributed by atoms with Gasteiger partial charge in [0.15, 0.2) is 5.82 Å². The molecule has 2 aromatic rings. The topological polar surface area (TPSA) is 17.8 Å². The molecule has 104 valence electrons. The lowest BCUT2D eigenvalue weighted by Crippen LogP contribution is -2.07. The quantitative estimate of drug-likeness (QED) is 0.755. The summed E-state index contributed by atoms with van der Waals surface area (Å²) in [6, 6.07) is 2.20.